The van der Waals surface area contributed by atoms with Crippen molar-refractivity contribution in [3.05, 3.63) is 0 Å². The molecule has 0 aliphatic carbocycles. The van der Waals surface area contributed by atoms with E-state index in [0.29, 0.717) is 6.04 Å². The van der Waals surface area contributed by atoms with Crippen LogP contribution in [0.2, 0.25) is 0 Å². The zero-order valence-electron chi connectivity index (χ0n) is 10.6. The van der Waals surface area contributed by atoms with Gasteiger partial charge in [0.2, 0.25) is 11.8 Å². The standard InChI is InChI=1S/C12H23N3O2/c1-2-10-6-4-3-5-7-15(10)12(17)9-14-11(16)8-13/h10H,2-9,13H2,1H3,(H,14,16). The zero-order chi connectivity index (χ0) is 12.7. The van der Waals surface area contributed by atoms with Crippen molar-refractivity contribution in [1.82, 2.24) is 10.2 Å². The van der Waals surface area contributed by atoms with Crippen LogP contribution in [0.4, 0.5) is 0 Å². The molecule has 0 bridgehead atoms. The fourth-order valence-corrected chi connectivity index (χ4v) is 2.28. The summed E-state index contributed by atoms with van der Waals surface area (Å²) in [6.07, 6.45) is 5.50. The van der Waals surface area contributed by atoms with Gasteiger partial charge in [0.1, 0.15) is 0 Å². The van der Waals surface area contributed by atoms with Crippen LogP contribution in [0.3, 0.4) is 0 Å². The van der Waals surface area contributed by atoms with Gasteiger partial charge in [-0.15, -0.1) is 0 Å². The van der Waals surface area contributed by atoms with E-state index in [1.807, 2.05) is 4.90 Å². The number of rotatable bonds is 4. The van der Waals surface area contributed by atoms with Gasteiger partial charge in [-0.1, -0.05) is 19.8 Å². The molecule has 0 aromatic carbocycles. The number of hydrogen-bond acceptors (Lipinski definition) is 3. The van der Waals surface area contributed by atoms with Gasteiger partial charge in [0.25, 0.3) is 0 Å². The Kier molecular flexibility index (Phi) is 5.97. The predicted octanol–water partition coefficient (Wildman–Crippen LogP) is 0.243. The summed E-state index contributed by atoms with van der Waals surface area (Å²) >= 11 is 0. The molecule has 0 aromatic heterocycles. The molecule has 1 aliphatic heterocycles. The molecule has 0 radical (unpaired) electrons. The van der Waals surface area contributed by atoms with Crippen LogP contribution in [-0.4, -0.2) is 42.4 Å². The van der Waals surface area contributed by atoms with E-state index in [2.05, 4.69) is 12.2 Å². The lowest BCUT2D eigenvalue weighted by Crippen LogP contribution is -2.46. The van der Waals surface area contributed by atoms with Crippen molar-refractivity contribution in [2.75, 3.05) is 19.6 Å². The van der Waals surface area contributed by atoms with Gasteiger partial charge in [0, 0.05) is 12.6 Å². The van der Waals surface area contributed by atoms with Crippen LogP contribution in [0.15, 0.2) is 0 Å². The molecule has 17 heavy (non-hydrogen) atoms. The van der Waals surface area contributed by atoms with E-state index in [1.54, 1.807) is 0 Å². The van der Waals surface area contributed by atoms with E-state index < -0.39 is 0 Å². The minimum atomic E-state index is -0.277. The van der Waals surface area contributed by atoms with Crippen molar-refractivity contribution in [2.45, 2.75) is 45.1 Å². The first-order valence-electron chi connectivity index (χ1n) is 6.45. The largest absolute Gasteiger partial charge is 0.346 e. The van der Waals surface area contributed by atoms with E-state index in [0.717, 1.165) is 25.8 Å². The summed E-state index contributed by atoms with van der Waals surface area (Å²) in [5, 5.41) is 2.54. The average molecular weight is 241 g/mol. The molecule has 5 nitrogen and oxygen atoms in total. The summed E-state index contributed by atoms with van der Waals surface area (Å²) in [7, 11) is 0. The predicted molar refractivity (Wildman–Crippen MR) is 66.3 cm³/mol. The van der Waals surface area contributed by atoms with Crippen LogP contribution in [0.1, 0.15) is 39.0 Å². The summed E-state index contributed by atoms with van der Waals surface area (Å²) in [6.45, 7) is 2.93. The molecule has 1 atom stereocenters. The molecule has 1 saturated heterocycles. The van der Waals surface area contributed by atoms with Crippen LogP contribution in [-0.2, 0) is 9.59 Å². The van der Waals surface area contributed by atoms with Gasteiger partial charge in [0.15, 0.2) is 0 Å². The Balaban J connectivity index is 2.49. The maximum atomic E-state index is 12.0. The van der Waals surface area contributed by atoms with Gasteiger partial charge in [-0.3, -0.25) is 9.59 Å². The second kappa shape index (κ2) is 7.27. The molecular weight excluding hydrogens is 218 g/mol. The Bertz CT molecular complexity index is 268. The Hall–Kier alpha value is -1.10. The van der Waals surface area contributed by atoms with E-state index >= 15 is 0 Å². The quantitative estimate of drug-likeness (QED) is 0.740. The molecule has 1 fully saturated rings. The highest BCUT2D eigenvalue weighted by molar-refractivity contribution is 5.85. The second-order valence-electron chi connectivity index (χ2n) is 4.48. The maximum absolute atomic E-state index is 12.0. The number of amides is 2. The maximum Gasteiger partial charge on any atom is 0.242 e. The molecule has 1 rings (SSSR count). The minimum Gasteiger partial charge on any atom is -0.346 e. The van der Waals surface area contributed by atoms with Crippen LogP contribution in [0, 0.1) is 0 Å². The summed E-state index contributed by atoms with van der Waals surface area (Å²) < 4.78 is 0. The Morgan fingerprint density at radius 1 is 1.35 bits per heavy atom. The summed E-state index contributed by atoms with van der Waals surface area (Å²) in [6, 6.07) is 0.333. The zero-order valence-corrected chi connectivity index (χ0v) is 10.6. The van der Waals surface area contributed by atoms with Gasteiger partial charge < -0.3 is 16.0 Å². The number of carbonyl (C=O) groups excluding carboxylic acids is 2. The normalized spacial score (nSPS) is 20.8. The first kappa shape index (κ1) is 14.0. The van der Waals surface area contributed by atoms with Gasteiger partial charge in [-0.05, 0) is 19.3 Å². The van der Waals surface area contributed by atoms with Crippen LogP contribution in [0.5, 0.6) is 0 Å². The molecule has 3 N–H and O–H groups in total. The smallest absolute Gasteiger partial charge is 0.242 e. The number of hydrogen-bond donors (Lipinski definition) is 2. The van der Waals surface area contributed by atoms with Crippen LogP contribution in [0.25, 0.3) is 0 Å². The van der Waals surface area contributed by atoms with Crippen molar-refractivity contribution in [2.24, 2.45) is 5.73 Å². The number of nitrogens with zero attached hydrogens (tertiary/aromatic N) is 1. The van der Waals surface area contributed by atoms with Crippen molar-refractivity contribution in [1.29, 1.82) is 0 Å². The molecular formula is C12H23N3O2. The Labute approximate surface area is 103 Å². The lowest BCUT2D eigenvalue weighted by atomic mass is 10.1. The molecule has 0 spiro atoms. The minimum absolute atomic E-state index is 0.0144. The van der Waals surface area contributed by atoms with Gasteiger partial charge in [-0.25, -0.2) is 0 Å². The first-order chi connectivity index (χ1) is 8.19. The van der Waals surface area contributed by atoms with Crippen molar-refractivity contribution in [3.8, 4) is 0 Å². The molecule has 98 valence electrons. The highest BCUT2D eigenvalue weighted by atomic mass is 16.2. The molecule has 5 heteroatoms. The average Bonchev–Trinajstić information content (AvgIpc) is 2.60. The van der Waals surface area contributed by atoms with Crippen molar-refractivity contribution >= 4 is 11.8 Å². The lowest BCUT2D eigenvalue weighted by molar-refractivity contribution is -0.134. The molecule has 1 heterocycles. The van der Waals surface area contributed by atoms with Crippen molar-refractivity contribution in [3.63, 3.8) is 0 Å². The SMILES string of the molecule is CCC1CCCCCN1C(=O)CNC(=O)CN. The number of nitrogens with one attached hydrogen (secondary N) is 1. The van der Waals surface area contributed by atoms with Crippen LogP contribution < -0.4 is 11.1 Å². The summed E-state index contributed by atoms with van der Waals surface area (Å²) in [4.78, 5) is 24.9. The fourth-order valence-electron chi connectivity index (χ4n) is 2.28. The first-order valence-corrected chi connectivity index (χ1v) is 6.45. The van der Waals surface area contributed by atoms with Gasteiger partial charge in [-0.2, -0.15) is 0 Å². The highest BCUT2D eigenvalue weighted by Gasteiger charge is 2.23. The molecule has 0 saturated carbocycles. The summed E-state index contributed by atoms with van der Waals surface area (Å²) in [5.74, 6) is -0.262. The van der Waals surface area contributed by atoms with E-state index in [-0.39, 0.29) is 24.9 Å². The van der Waals surface area contributed by atoms with Gasteiger partial charge in [0.05, 0.1) is 13.1 Å². The number of nitrogens with two attached hydrogens (primary N) is 1. The Morgan fingerprint density at radius 3 is 2.76 bits per heavy atom. The van der Waals surface area contributed by atoms with Crippen LogP contribution >= 0.6 is 0 Å². The topological polar surface area (TPSA) is 75.4 Å². The third-order valence-corrected chi connectivity index (χ3v) is 3.29. The molecule has 1 unspecified atom stereocenters. The molecule has 2 amide bonds. The number of carbonyl (C=O) groups is 2. The monoisotopic (exact) mass is 241 g/mol. The van der Waals surface area contributed by atoms with E-state index in [9.17, 15) is 9.59 Å². The fraction of sp³-hybridized carbons (Fsp3) is 0.833. The van der Waals surface area contributed by atoms with E-state index in [4.69, 9.17) is 5.73 Å². The van der Waals surface area contributed by atoms with Gasteiger partial charge >= 0.3 is 0 Å². The second-order valence-corrected chi connectivity index (χ2v) is 4.48. The summed E-state index contributed by atoms with van der Waals surface area (Å²) in [5.41, 5.74) is 5.18. The Morgan fingerprint density at radius 2 is 2.12 bits per heavy atom. The number of likely N-dealkylation sites (tertiary alicyclic amines) is 1. The third kappa shape index (κ3) is 4.34. The third-order valence-electron chi connectivity index (χ3n) is 3.29. The molecule has 0 aromatic rings. The van der Waals surface area contributed by atoms with E-state index in [1.165, 1.54) is 12.8 Å². The van der Waals surface area contributed by atoms with Crippen molar-refractivity contribution < 1.29 is 9.59 Å². The highest BCUT2D eigenvalue weighted by Crippen LogP contribution is 2.18. The molecule has 1 aliphatic rings. The lowest BCUT2D eigenvalue weighted by Gasteiger charge is -2.29.